The van der Waals surface area contributed by atoms with Gasteiger partial charge in [0.1, 0.15) is 0 Å². The summed E-state index contributed by atoms with van der Waals surface area (Å²) in [5.74, 6) is -0.158. The lowest BCUT2D eigenvalue weighted by atomic mass is 9.88. The maximum Gasteiger partial charge on any atom is 0.0870 e. The summed E-state index contributed by atoms with van der Waals surface area (Å²) in [6, 6.07) is 13.6. The monoisotopic (exact) mass is 289 g/mol. The maximum absolute atomic E-state index is 10.7. The van der Waals surface area contributed by atoms with Gasteiger partial charge in [-0.2, -0.15) is 0 Å². The highest BCUT2D eigenvalue weighted by molar-refractivity contribution is 6.30. The summed E-state index contributed by atoms with van der Waals surface area (Å²) >= 11 is 6.02. The number of benzene rings is 2. The second kappa shape index (κ2) is 6.40. The smallest absolute Gasteiger partial charge is 0.0870 e. The lowest BCUT2D eigenvalue weighted by Gasteiger charge is -2.23. The van der Waals surface area contributed by atoms with Crippen LogP contribution in [0.5, 0.6) is 0 Å². The third-order valence-corrected chi connectivity index (χ3v) is 3.73. The Balaban J connectivity index is 2.35. The van der Waals surface area contributed by atoms with Gasteiger partial charge in [-0.3, -0.25) is 0 Å². The van der Waals surface area contributed by atoms with Crippen LogP contribution in [0.4, 0.5) is 0 Å². The molecule has 0 aliphatic rings. The number of aliphatic hydroxyl groups excluding tert-OH is 1. The summed E-state index contributed by atoms with van der Waals surface area (Å²) in [7, 11) is 0. The Morgan fingerprint density at radius 3 is 2.25 bits per heavy atom. The van der Waals surface area contributed by atoms with Crippen LogP contribution in [-0.4, -0.2) is 11.7 Å². The molecular weight excluding hydrogens is 270 g/mol. The Hall–Kier alpha value is -1.35. The minimum Gasteiger partial charge on any atom is -0.388 e. The van der Waals surface area contributed by atoms with Crippen LogP contribution >= 0.6 is 11.6 Å². The van der Waals surface area contributed by atoms with E-state index in [1.54, 1.807) is 0 Å². The van der Waals surface area contributed by atoms with Crippen molar-refractivity contribution in [2.24, 2.45) is 5.73 Å². The Morgan fingerprint density at radius 1 is 1.05 bits per heavy atom. The molecule has 0 bridgehead atoms. The van der Waals surface area contributed by atoms with Crippen molar-refractivity contribution in [3.05, 3.63) is 69.7 Å². The first-order chi connectivity index (χ1) is 9.51. The largest absolute Gasteiger partial charge is 0.388 e. The highest BCUT2D eigenvalue weighted by Crippen LogP contribution is 2.32. The summed E-state index contributed by atoms with van der Waals surface area (Å²) in [5.41, 5.74) is 10.0. The van der Waals surface area contributed by atoms with Crippen LogP contribution in [0.15, 0.2) is 42.5 Å². The van der Waals surface area contributed by atoms with Gasteiger partial charge in [-0.25, -0.2) is 0 Å². The minimum atomic E-state index is -0.628. The number of halogens is 1. The predicted octanol–water partition coefficient (Wildman–Crippen LogP) is 3.73. The number of aryl methyl sites for hydroxylation is 2. The lowest BCUT2D eigenvalue weighted by molar-refractivity contribution is 0.147. The molecule has 3 N–H and O–H groups in total. The Morgan fingerprint density at radius 2 is 1.70 bits per heavy atom. The Labute approximate surface area is 125 Å². The molecule has 0 radical (unpaired) electrons. The first-order valence-corrected chi connectivity index (χ1v) is 7.11. The molecule has 2 unspecified atom stereocenters. The molecule has 2 aromatic carbocycles. The third-order valence-electron chi connectivity index (χ3n) is 3.50. The van der Waals surface area contributed by atoms with Gasteiger partial charge in [0.15, 0.2) is 0 Å². The number of hydrogen-bond donors (Lipinski definition) is 2. The third kappa shape index (κ3) is 3.40. The minimum absolute atomic E-state index is 0.158. The zero-order valence-corrected chi connectivity index (χ0v) is 12.6. The van der Waals surface area contributed by atoms with Crippen LogP contribution in [0.3, 0.4) is 0 Å². The van der Waals surface area contributed by atoms with Gasteiger partial charge in [0.25, 0.3) is 0 Å². The number of aliphatic hydroxyl groups is 1. The fraction of sp³-hybridized carbons (Fsp3) is 0.294. The van der Waals surface area contributed by atoms with E-state index in [1.807, 2.05) is 50.2 Å². The van der Waals surface area contributed by atoms with Crippen molar-refractivity contribution in [2.75, 3.05) is 6.54 Å². The molecule has 2 atom stereocenters. The second-order valence-electron chi connectivity index (χ2n) is 5.26. The van der Waals surface area contributed by atoms with Gasteiger partial charge in [0.05, 0.1) is 6.10 Å². The van der Waals surface area contributed by atoms with E-state index in [0.29, 0.717) is 11.6 Å². The Kier molecular flexibility index (Phi) is 4.81. The van der Waals surface area contributed by atoms with E-state index in [0.717, 1.165) is 22.3 Å². The summed E-state index contributed by atoms with van der Waals surface area (Å²) < 4.78 is 0. The predicted molar refractivity (Wildman–Crippen MR) is 84.1 cm³/mol. The molecule has 0 aliphatic carbocycles. The van der Waals surface area contributed by atoms with E-state index >= 15 is 0 Å². The molecule has 2 aromatic rings. The molecule has 0 heterocycles. The van der Waals surface area contributed by atoms with Crippen LogP contribution in [-0.2, 0) is 0 Å². The summed E-state index contributed by atoms with van der Waals surface area (Å²) in [4.78, 5) is 0. The van der Waals surface area contributed by atoms with Crippen molar-refractivity contribution < 1.29 is 5.11 Å². The number of hydrogen-bond acceptors (Lipinski definition) is 2. The zero-order chi connectivity index (χ0) is 14.7. The van der Waals surface area contributed by atoms with Crippen molar-refractivity contribution in [2.45, 2.75) is 25.9 Å². The van der Waals surface area contributed by atoms with Crippen molar-refractivity contribution in [1.29, 1.82) is 0 Å². The van der Waals surface area contributed by atoms with Gasteiger partial charge in [0, 0.05) is 17.5 Å². The van der Waals surface area contributed by atoms with E-state index in [9.17, 15) is 5.11 Å². The quantitative estimate of drug-likeness (QED) is 0.901. The van der Waals surface area contributed by atoms with Crippen LogP contribution in [0.1, 0.15) is 34.3 Å². The van der Waals surface area contributed by atoms with E-state index in [-0.39, 0.29) is 5.92 Å². The topological polar surface area (TPSA) is 46.2 Å². The molecule has 106 valence electrons. The summed E-state index contributed by atoms with van der Waals surface area (Å²) in [5, 5.41) is 11.3. The molecule has 0 saturated heterocycles. The summed E-state index contributed by atoms with van der Waals surface area (Å²) in [6.45, 7) is 4.43. The maximum atomic E-state index is 10.7. The van der Waals surface area contributed by atoms with Crippen LogP contribution in [0.25, 0.3) is 0 Å². The number of rotatable bonds is 4. The van der Waals surface area contributed by atoms with Gasteiger partial charge in [0.2, 0.25) is 0 Å². The molecule has 3 heteroatoms. The van der Waals surface area contributed by atoms with E-state index in [4.69, 9.17) is 17.3 Å². The van der Waals surface area contributed by atoms with E-state index < -0.39 is 6.10 Å². The first-order valence-electron chi connectivity index (χ1n) is 6.73. The van der Waals surface area contributed by atoms with Crippen molar-refractivity contribution in [1.82, 2.24) is 0 Å². The SMILES string of the molecule is Cc1cc(C)cc(C(O)C(CN)c2cccc(Cl)c2)c1. The van der Waals surface area contributed by atoms with Crippen molar-refractivity contribution in [3.63, 3.8) is 0 Å². The van der Waals surface area contributed by atoms with E-state index in [2.05, 4.69) is 6.07 Å². The van der Waals surface area contributed by atoms with Crippen molar-refractivity contribution >= 4 is 11.6 Å². The zero-order valence-electron chi connectivity index (χ0n) is 11.8. The van der Waals surface area contributed by atoms with Crippen molar-refractivity contribution in [3.8, 4) is 0 Å². The molecule has 2 rings (SSSR count). The molecule has 0 amide bonds. The first kappa shape index (κ1) is 15.0. The van der Waals surface area contributed by atoms with Gasteiger partial charge >= 0.3 is 0 Å². The fourth-order valence-electron chi connectivity index (χ4n) is 2.60. The van der Waals surface area contributed by atoms with Gasteiger partial charge in [-0.1, -0.05) is 53.1 Å². The Bertz CT molecular complexity index is 577. The van der Waals surface area contributed by atoms with Crippen LogP contribution < -0.4 is 5.73 Å². The number of nitrogens with two attached hydrogens (primary N) is 1. The highest BCUT2D eigenvalue weighted by atomic mass is 35.5. The molecule has 0 aromatic heterocycles. The molecule has 0 fully saturated rings. The molecule has 2 nitrogen and oxygen atoms in total. The van der Waals surface area contributed by atoms with Gasteiger partial charge in [-0.15, -0.1) is 0 Å². The molecule has 0 aliphatic heterocycles. The molecule has 0 saturated carbocycles. The lowest BCUT2D eigenvalue weighted by Crippen LogP contribution is -2.20. The molecular formula is C17H20ClNO. The van der Waals surface area contributed by atoms with Gasteiger partial charge in [-0.05, 0) is 37.1 Å². The molecule has 0 spiro atoms. The summed E-state index contributed by atoms with van der Waals surface area (Å²) in [6.07, 6.45) is -0.628. The fourth-order valence-corrected chi connectivity index (χ4v) is 2.80. The standard InChI is InChI=1S/C17H20ClNO/c1-11-6-12(2)8-14(7-11)17(20)16(10-19)13-4-3-5-15(18)9-13/h3-9,16-17,20H,10,19H2,1-2H3. The van der Waals surface area contributed by atoms with Gasteiger partial charge < -0.3 is 10.8 Å². The van der Waals surface area contributed by atoms with Crippen LogP contribution in [0.2, 0.25) is 5.02 Å². The van der Waals surface area contributed by atoms with E-state index in [1.165, 1.54) is 0 Å². The van der Waals surface area contributed by atoms with Crippen LogP contribution in [0, 0.1) is 13.8 Å². The molecule has 20 heavy (non-hydrogen) atoms. The average molecular weight is 290 g/mol. The normalized spacial score (nSPS) is 14.1. The second-order valence-corrected chi connectivity index (χ2v) is 5.70. The average Bonchev–Trinajstić information content (AvgIpc) is 2.38. The highest BCUT2D eigenvalue weighted by Gasteiger charge is 2.22.